The van der Waals surface area contributed by atoms with E-state index < -0.39 is 0 Å². The van der Waals surface area contributed by atoms with Crippen LogP contribution in [0.15, 0.2) is 41.8 Å². The summed E-state index contributed by atoms with van der Waals surface area (Å²) in [5.41, 5.74) is 4.47. The van der Waals surface area contributed by atoms with E-state index in [0.717, 1.165) is 17.7 Å². The quantitative estimate of drug-likeness (QED) is 0.787. The van der Waals surface area contributed by atoms with Crippen molar-refractivity contribution in [3.63, 3.8) is 0 Å². The zero-order valence-corrected chi connectivity index (χ0v) is 12.3. The van der Waals surface area contributed by atoms with E-state index in [1.165, 1.54) is 16.1 Å². The fraction of sp³-hybridized carbons (Fsp3) is 0.188. The second-order valence-electron chi connectivity index (χ2n) is 4.68. The second-order valence-corrected chi connectivity index (χ2v) is 5.62. The van der Waals surface area contributed by atoms with Gasteiger partial charge >= 0.3 is 0 Å². The smallest absolute Gasteiger partial charge is 0.115 e. The van der Waals surface area contributed by atoms with Gasteiger partial charge in [0.25, 0.3) is 0 Å². The van der Waals surface area contributed by atoms with Crippen LogP contribution in [-0.4, -0.2) is 14.9 Å². The first-order valence-corrected chi connectivity index (χ1v) is 7.47. The molecule has 0 aliphatic rings. The summed E-state index contributed by atoms with van der Waals surface area (Å²) < 4.78 is 1.95. The van der Waals surface area contributed by atoms with Crippen molar-refractivity contribution in [2.24, 2.45) is 7.05 Å². The van der Waals surface area contributed by atoms with Gasteiger partial charge in [-0.25, -0.2) is 0 Å². The fourth-order valence-corrected chi connectivity index (χ4v) is 3.30. The first-order chi connectivity index (χ1) is 9.70. The summed E-state index contributed by atoms with van der Waals surface area (Å²) in [7, 11) is 1.98. The Bertz CT molecular complexity index is 712. The van der Waals surface area contributed by atoms with Crippen molar-refractivity contribution in [3.8, 4) is 27.6 Å². The predicted octanol–water partition coefficient (Wildman–Crippen LogP) is 4.08. The SMILES string of the molecule is CCc1c(-c2ccc(O)cc2)nn(C)c1-c1cccs1. The third kappa shape index (κ3) is 2.12. The number of phenols is 1. The lowest BCUT2D eigenvalue weighted by atomic mass is 10.0. The standard InChI is InChI=1S/C16H16N2OS/c1-3-13-15(11-6-8-12(19)9-7-11)17-18(2)16(13)14-5-4-10-20-14/h4-10,19H,3H2,1-2H3. The Hall–Kier alpha value is -2.07. The van der Waals surface area contributed by atoms with Crippen molar-refractivity contribution in [2.45, 2.75) is 13.3 Å². The molecule has 3 rings (SSSR count). The van der Waals surface area contributed by atoms with Crippen molar-refractivity contribution in [1.82, 2.24) is 9.78 Å². The first-order valence-electron chi connectivity index (χ1n) is 6.60. The van der Waals surface area contributed by atoms with E-state index in [1.807, 2.05) is 23.9 Å². The van der Waals surface area contributed by atoms with Crippen LogP contribution in [0.5, 0.6) is 5.75 Å². The van der Waals surface area contributed by atoms with E-state index in [2.05, 4.69) is 29.5 Å². The molecule has 0 amide bonds. The average Bonchev–Trinajstić information content (AvgIpc) is 3.06. The predicted molar refractivity (Wildman–Crippen MR) is 83.0 cm³/mol. The molecule has 0 atom stereocenters. The van der Waals surface area contributed by atoms with Crippen LogP contribution in [0.4, 0.5) is 0 Å². The van der Waals surface area contributed by atoms with E-state index in [4.69, 9.17) is 0 Å². The number of benzene rings is 1. The van der Waals surface area contributed by atoms with Crippen LogP contribution in [0.25, 0.3) is 21.8 Å². The Morgan fingerprint density at radius 2 is 1.95 bits per heavy atom. The number of hydrogen-bond acceptors (Lipinski definition) is 3. The van der Waals surface area contributed by atoms with Crippen molar-refractivity contribution in [1.29, 1.82) is 0 Å². The lowest BCUT2D eigenvalue weighted by Gasteiger charge is -2.03. The van der Waals surface area contributed by atoms with Gasteiger partial charge in [0.2, 0.25) is 0 Å². The molecule has 102 valence electrons. The number of aromatic hydroxyl groups is 1. The maximum atomic E-state index is 9.42. The molecule has 0 saturated heterocycles. The van der Waals surface area contributed by atoms with Gasteiger partial charge in [-0.3, -0.25) is 4.68 Å². The summed E-state index contributed by atoms with van der Waals surface area (Å²) in [5.74, 6) is 0.279. The van der Waals surface area contributed by atoms with Crippen molar-refractivity contribution in [3.05, 3.63) is 47.3 Å². The number of thiophene rings is 1. The van der Waals surface area contributed by atoms with Crippen LogP contribution in [0.1, 0.15) is 12.5 Å². The van der Waals surface area contributed by atoms with Gasteiger partial charge in [0.15, 0.2) is 0 Å². The minimum Gasteiger partial charge on any atom is -0.508 e. The molecule has 1 aromatic carbocycles. The Morgan fingerprint density at radius 1 is 1.20 bits per heavy atom. The number of phenolic OH excluding ortho intramolecular Hbond substituents is 1. The maximum Gasteiger partial charge on any atom is 0.115 e. The van der Waals surface area contributed by atoms with Crippen LogP contribution in [0.3, 0.4) is 0 Å². The Kier molecular flexibility index (Phi) is 3.32. The van der Waals surface area contributed by atoms with Gasteiger partial charge < -0.3 is 5.11 Å². The highest BCUT2D eigenvalue weighted by atomic mass is 32.1. The number of nitrogens with zero attached hydrogens (tertiary/aromatic N) is 2. The Morgan fingerprint density at radius 3 is 2.55 bits per heavy atom. The lowest BCUT2D eigenvalue weighted by Crippen LogP contribution is -1.93. The second kappa shape index (κ2) is 5.13. The molecule has 0 aliphatic carbocycles. The van der Waals surface area contributed by atoms with Gasteiger partial charge in [0, 0.05) is 18.2 Å². The third-order valence-electron chi connectivity index (χ3n) is 3.39. The molecule has 2 heterocycles. The number of aromatic nitrogens is 2. The van der Waals surface area contributed by atoms with Crippen molar-refractivity contribution < 1.29 is 5.11 Å². The molecule has 0 fully saturated rings. The van der Waals surface area contributed by atoms with Crippen LogP contribution in [-0.2, 0) is 13.5 Å². The zero-order chi connectivity index (χ0) is 14.1. The van der Waals surface area contributed by atoms with Crippen LogP contribution < -0.4 is 0 Å². The first kappa shape index (κ1) is 12.9. The molecule has 0 bridgehead atoms. The minimum absolute atomic E-state index is 0.279. The van der Waals surface area contributed by atoms with E-state index in [1.54, 1.807) is 23.5 Å². The molecule has 3 nitrogen and oxygen atoms in total. The number of aryl methyl sites for hydroxylation is 1. The van der Waals surface area contributed by atoms with Gasteiger partial charge in [-0.05, 0) is 42.1 Å². The molecule has 0 aliphatic heterocycles. The maximum absolute atomic E-state index is 9.42. The topological polar surface area (TPSA) is 38.1 Å². The van der Waals surface area contributed by atoms with E-state index in [0.29, 0.717) is 0 Å². The summed E-state index contributed by atoms with van der Waals surface area (Å²) >= 11 is 1.73. The average molecular weight is 284 g/mol. The molecule has 2 aromatic heterocycles. The number of hydrogen-bond donors (Lipinski definition) is 1. The molecule has 0 radical (unpaired) electrons. The summed E-state index contributed by atoms with van der Waals surface area (Å²) in [6.45, 7) is 2.15. The van der Waals surface area contributed by atoms with Gasteiger partial charge in [-0.15, -0.1) is 11.3 Å². The van der Waals surface area contributed by atoms with Crippen LogP contribution in [0, 0.1) is 0 Å². The third-order valence-corrected chi connectivity index (χ3v) is 4.27. The van der Waals surface area contributed by atoms with Gasteiger partial charge in [-0.2, -0.15) is 5.10 Å². The Balaban J connectivity index is 2.18. The normalized spacial score (nSPS) is 10.9. The van der Waals surface area contributed by atoms with Crippen LogP contribution >= 0.6 is 11.3 Å². The summed E-state index contributed by atoms with van der Waals surface area (Å²) in [5, 5.41) is 16.2. The molecule has 0 unspecified atom stereocenters. The molecule has 3 aromatic rings. The molecular weight excluding hydrogens is 268 g/mol. The lowest BCUT2D eigenvalue weighted by molar-refractivity contribution is 0.475. The summed E-state index contributed by atoms with van der Waals surface area (Å²) in [6, 6.07) is 11.4. The van der Waals surface area contributed by atoms with Crippen molar-refractivity contribution >= 4 is 11.3 Å². The van der Waals surface area contributed by atoms with E-state index >= 15 is 0 Å². The zero-order valence-electron chi connectivity index (χ0n) is 11.5. The molecule has 20 heavy (non-hydrogen) atoms. The van der Waals surface area contributed by atoms with E-state index in [9.17, 15) is 5.11 Å². The summed E-state index contributed by atoms with van der Waals surface area (Å²) in [6.07, 6.45) is 0.928. The Labute approximate surface area is 122 Å². The molecular formula is C16H16N2OS. The molecule has 0 saturated carbocycles. The fourth-order valence-electron chi connectivity index (χ4n) is 2.48. The summed E-state index contributed by atoms with van der Waals surface area (Å²) in [4.78, 5) is 1.24. The highest BCUT2D eigenvalue weighted by molar-refractivity contribution is 7.13. The highest BCUT2D eigenvalue weighted by Gasteiger charge is 2.18. The van der Waals surface area contributed by atoms with Crippen molar-refractivity contribution in [2.75, 3.05) is 0 Å². The minimum atomic E-state index is 0.279. The van der Waals surface area contributed by atoms with Gasteiger partial charge in [0.1, 0.15) is 5.75 Å². The largest absolute Gasteiger partial charge is 0.508 e. The van der Waals surface area contributed by atoms with Crippen LogP contribution in [0.2, 0.25) is 0 Å². The highest BCUT2D eigenvalue weighted by Crippen LogP contribution is 2.34. The molecule has 0 spiro atoms. The van der Waals surface area contributed by atoms with Gasteiger partial charge in [-0.1, -0.05) is 13.0 Å². The number of rotatable bonds is 3. The monoisotopic (exact) mass is 284 g/mol. The molecule has 4 heteroatoms. The molecule has 1 N–H and O–H groups in total. The van der Waals surface area contributed by atoms with Gasteiger partial charge in [0.05, 0.1) is 16.3 Å². The van der Waals surface area contributed by atoms with E-state index in [-0.39, 0.29) is 5.75 Å².